The minimum atomic E-state index is -0.161. The molecule has 3 rings (SSSR count). The number of nitrogens with one attached hydrogen (secondary N) is 1. The summed E-state index contributed by atoms with van der Waals surface area (Å²) in [6, 6.07) is 22.0. The highest BCUT2D eigenvalue weighted by Gasteiger charge is 2.14. The van der Waals surface area contributed by atoms with Crippen LogP contribution in [0.4, 0.5) is 0 Å². The van der Waals surface area contributed by atoms with Crippen molar-refractivity contribution in [1.82, 2.24) is 5.32 Å². The van der Waals surface area contributed by atoms with Gasteiger partial charge in [0, 0.05) is 16.5 Å². The zero-order chi connectivity index (χ0) is 16.9. The van der Waals surface area contributed by atoms with Gasteiger partial charge in [0.25, 0.3) is 0 Å². The van der Waals surface area contributed by atoms with Crippen LogP contribution in [0.15, 0.2) is 71.6 Å². The molecule has 0 spiro atoms. The van der Waals surface area contributed by atoms with E-state index in [1.54, 1.807) is 0 Å². The molecule has 1 N–H and O–H groups in total. The number of carbonyl (C=O) groups is 1. The SMILES string of the molecule is C[C@@H](Sc1ccc(Cl)cc1)C(=O)NCc1ccc2ccccc2c1. The molecule has 0 aromatic heterocycles. The number of rotatable bonds is 5. The summed E-state index contributed by atoms with van der Waals surface area (Å²) in [5.41, 5.74) is 1.10. The van der Waals surface area contributed by atoms with Crippen molar-refractivity contribution in [2.24, 2.45) is 0 Å². The van der Waals surface area contributed by atoms with E-state index in [0.717, 1.165) is 10.5 Å². The Hall–Kier alpha value is -1.97. The summed E-state index contributed by atoms with van der Waals surface area (Å²) in [7, 11) is 0. The molecular weight excluding hydrogens is 338 g/mol. The third kappa shape index (κ3) is 4.31. The van der Waals surface area contributed by atoms with E-state index in [4.69, 9.17) is 11.6 Å². The Morgan fingerprint density at radius 3 is 2.50 bits per heavy atom. The number of benzene rings is 3. The Morgan fingerprint density at radius 2 is 1.75 bits per heavy atom. The standard InChI is InChI=1S/C20H18ClNOS/c1-14(24-19-10-8-18(21)9-11-19)20(23)22-13-15-6-7-16-4-2-3-5-17(16)12-15/h2-12,14H,13H2,1H3,(H,22,23)/t14-/m1/s1. The Balaban J connectivity index is 1.58. The largest absolute Gasteiger partial charge is 0.351 e. The van der Waals surface area contributed by atoms with Crippen LogP contribution >= 0.6 is 23.4 Å². The molecule has 0 radical (unpaired) electrons. The second-order valence-electron chi connectivity index (χ2n) is 5.61. The highest BCUT2D eigenvalue weighted by atomic mass is 35.5. The van der Waals surface area contributed by atoms with Crippen LogP contribution in [0.25, 0.3) is 10.8 Å². The van der Waals surface area contributed by atoms with Crippen molar-refractivity contribution in [3.8, 4) is 0 Å². The van der Waals surface area contributed by atoms with Gasteiger partial charge in [-0.1, -0.05) is 48.0 Å². The molecule has 0 aliphatic heterocycles. The van der Waals surface area contributed by atoms with Crippen LogP contribution in [-0.4, -0.2) is 11.2 Å². The molecule has 24 heavy (non-hydrogen) atoms. The average molecular weight is 356 g/mol. The third-order valence-electron chi connectivity index (χ3n) is 3.78. The fourth-order valence-corrected chi connectivity index (χ4v) is 3.47. The summed E-state index contributed by atoms with van der Waals surface area (Å²) < 4.78 is 0. The summed E-state index contributed by atoms with van der Waals surface area (Å²) >= 11 is 7.41. The van der Waals surface area contributed by atoms with Crippen LogP contribution < -0.4 is 5.32 Å². The molecule has 0 saturated heterocycles. The van der Waals surface area contributed by atoms with Gasteiger partial charge in [0.05, 0.1) is 5.25 Å². The molecule has 0 bridgehead atoms. The predicted octanol–water partition coefficient (Wildman–Crippen LogP) is 5.29. The lowest BCUT2D eigenvalue weighted by Crippen LogP contribution is -2.30. The molecule has 3 aromatic carbocycles. The maximum Gasteiger partial charge on any atom is 0.233 e. The quantitative estimate of drug-likeness (QED) is 0.630. The van der Waals surface area contributed by atoms with Crippen LogP contribution in [0.3, 0.4) is 0 Å². The molecule has 122 valence electrons. The van der Waals surface area contributed by atoms with Crippen molar-refractivity contribution >= 4 is 40.0 Å². The first-order chi connectivity index (χ1) is 11.6. The topological polar surface area (TPSA) is 29.1 Å². The normalized spacial score (nSPS) is 12.1. The molecular formula is C20H18ClNOS. The highest BCUT2D eigenvalue weighted by molar-refractivity contribution is 8.00. The molecule has 1 atom stereocenters. The number of hydrogen-bond acceptors (Lipinski definition) is 2. The maximum atomic E-state index is 12.3. The van der Waals surface area contributed by atoms with E-state index in [1.165, 1.54) is 22.5 Å². The minimum Gasteiger partial charge on any atom is -0.351 e. The van der Waals surface area contributed by atoms with Gasteiger partial charge in [0.1, 0.15) is 0 Å². The number of thioether (sulfide) groups is 1. The van der Waals surface area contributed by atoms with Gasteiger partial charge in [-0.2, -0.15) is 0 Å². The van der Waals surface area contributed by atoms with Gasteiger partial charge < -0.3 is 5.32 Å². The van der Waals surface area contributed by atoms with E-state index in [-0.39, 0.29) is 11.2 Å². The molecule has 0 heterocycles. The third-order valence-corrected chi connectivity index (χ3v) is 5.14. The first-order valence-corrected chi connectivity index (χ1v) is 9.05. The molecule has 3 aromatic rings. The maximum absolute atomic E-state index is 12.3. The average Bonchev–Trinajstić information content (AvgIpc) is 2.61. The number of halogens is 1. The zero-order valence-corrected chi connectivity index (χ0v) is 14.9. The number of amides is 1. The first-order valence-electron chi connectivity index (χ1n) is 7.79. The lowest BCUT2D eigenvalue weighted by atomic mass is 10.1. The molecule has 0 aliphatic carbocycles. The van der Waals surface area contributed by atoms with Crippen LogP contribution in [0.1, 0.15) is 12.5 Å². The van der Waals surface area contributed by atoms with Crippen LogP contribution in [0.2, 0.25) is 5.02 Å². The second-order valence-corrected chi connectivity index (χ2v) is 7.46. The Bertz CT molecular complexity index is 848. The number of carbonyl (C=O) groups excluding carboxylic acids is 1. The van der Waals surface area contributed by atoms with Gasteiger partial charge in [-0.3, -0.25) is 4.79 Å². The van der Waals surface area contributed by atoms with Gasteiger partial charge in [-0.15, -0.1) is 11.8 Å². The van der Waals surface area contributed by atoms with Gasteiger partial charge in [0.2, 0.25) is 5.91 Å². The minimum absolute atomic E-state index is 0.0307. The highest BCUT2D eigenvalue weighted by Crippen LogP contribution is 2.25. The van der Waals surface area contributed by atoms with Crippen LogP contribution in [-0.2, 0) is 11.3 Å². The van der Waals surface area contributed by atoms with E-state index in [2.05, 4.69) is 35.6 Å². The fourth-order valence-electron chi connectivity index (χ4n) is 2.45. The van der Waals surface area contributed by atoms with Crippen molar-refractivity contribution in [3.63, 3.8) is 0 Å². The van der Waals surface area contributed by atoms with Crippen LogP contribution in [0, 0.1) is 0 Å². The summed E-state index contributed by atoms with van der Waals surface area (Å²) in [6.45, 7) is 2.45. The molecule has 1 amide bonds. The summed E-state index contributed by atoms with van der Waals surface area (Å²) in [5, 5.41) is 5.95. The monoisotopic (exact) mass is 355 g/mol. The fraction of sp³-hybridized carbons (Fsp3) is 0.150. The second kappa shape index (κ2) is 7.73. The Kier molecular flexibility index (Phi) is 5.44. The van der Waals surface area contributed by atoms with Gasteiger partial charge in [0.15, 0.2) is 0 Å². The lowest BCUT2D eigenvalue weighted by molar-refractivity contribution is -0.120. The van der Waals surface area contributed by atoms with Crippen molar-refractivity contribution < 1.29 is 4.79 Å². The smallest absolute Gasteiger partial charge is 0.233 e. The molecule has 0 saturated carbocycles. The Morgan fingerprint density at radius 1 is 1.04 bits per heavy atom. The van der Waals surface area contributed by atoms with Crippen LogP contribution in [0.5, 0.6) is 0 Å². The molecule has 0 unspecified atom stereocenters. The van der Waals surface area contributed by atoms with Gasteiger partial charge in [-0.25, -0.2) is 0 Å². The van der Waals surface area contributed by atoms with E-state index in [9.17, 15) is 4.79 Å². The van der Waals surface area contributed by atoms with E-state index in [1.807, 2.05) is 43.3 Å². The van der Waals surface area contributed by atoms with Crippen molar-refractivity contribution in [1.29, 1.82) is 0 Å². The number of fused-ring (bicyclic) bond motifs is 1. The van der Waals surface area contributed by atoms with Crippen molar-refractivity contribution in [2.75, 3.05) is 0 Å². The number of hydrogen-bond donors (Lipinski definition) is 1. The lowest BCUT2D eigenvalue weighted by Gasteiger charge is -2.12. The molecule has 0 fully saturated rings. The molecule has 2 nitrogen and oxygen atoms in total. The van der Waals surface area contributed by atoms with Gasteiger partial charge in [-0.05, 0) is 53.6 Å². The Labute approximate surface area is 151 Å². The van der Waals surface area contributed by atoms with E-state index >= 15 is 0 Å². The van der Waals surface area contributed by atoms with Crippen molar-refractivity contribution in [2.45, 2.75) is 23.6 Å². The summed E-state index contributed by atoms with van der Waals surface area (Å²) in [6.07, 6.45) is 0. The van der Waals surface area contributed by atoms with Gasteiger partial charge >= 0.3 is 0 Å². The van der Waals surface area contributed by atoms with Crippen molar-refractivity contribution in [3.05, 3.63) is 77.3 Å². The van der Waals surface area contributed by atoms with E-state index < -0.39 is 0 Å². The first kappa shape index (κ1) is 16.9. The molecule has 4 heteroatoms. The predicted molar refractivity (Wildman–Crippen MR) is 103 cm³/mol. The van der Waals surface area contributed by atoms with E-state index in [0.29, 0.717) is 11.6 Å². The molecule has 0 aliphatic rings. The summed E-state index contributed by atoms with van der Waals surface area (Å²) in [5.74, 6) is 0.0307. The zero-order valence-electron chi connectivity index (χ0n) is 13.3. The summed E-state index contributed by atoms with van der Waals surface area (Å²) in [4.78, 5) is 13.3.